The summed E-state index contributed by atoms with van der Waals surface area (Å²) in [6.07, 6.45) is 0. The van der Waals surface area contributed by atoms with Gasteiger partial charge < -0.3 is 4.74 Å². The van der Waals surface area contributed by atoms with Crippen LogP contribution in [0.3, 0.4) is 0 Å². The Morgan fingerprint density at radius 1 is 1.42 bits per heavy atom. The minimum Gasteiger partial charge on any atom is -0.441 e. The van der Waals surface area contributed by atoms with E-state index >= 15 is 0 Å². The van der Waals surface area contributed by atoms with Gasteiger partial charge >= 0.3 is 0 Å². The number of benzene rings is 1. The summed E-state index contributed by atoms with van der Waals surface area (Å²) in [6, 6.07) is 9.15. The van der Waals surface area contributed by atoms with Crippen molar-refractivity contribution >= 4 is 18.1 Å². The number of hydrogen-bond acceptors (Lipinski definition) is 2. The fourth-order valence-electron chi connectivity index (χ4n) is 0.894. The molecule has 0 spiro atoms. The van der Waals surface area contributed by atoms with E-state index in [9.17, 15) is 4.79 Å². The Labute approximate surface area is 76.1 Å². The van der Waals surface area contributed by atoms with Gasteiger partial charge in [0.25, 0.3) is 6.47 Å². The summed E-state index contributed by atoms with van der Waals surface area (Å²) in [5, 5.41) is -1.05. The van der Waals surface area contributed by atoms with Crippen molar-refractivity contribution in [3.8, 4) is 0 Å². The van der Waals surface area contributed by atoms with Gasteiger partial charge in [0.05, 0.1) is 0 Å². The van der Waals surface area contributed by atoms with Crippen molar-refractivity contribution in [1.29, 1.82) is 0 Å². The van der Waals surface area contributed by atoms with Gasteiger partial charge in [-0.25, -0.2) is 0 Å². The lowest BCUT2D eigenvalue weighted by atomic mass is 10.1. The van der Waals surface area contributed by atoms with Crippen LogP contribution in [0.1, 0.15) is 12.5 Å². The van der Waals surface area contributed by atoms with Gasteiger partial charge in [-0.3, -0.25) is 4.79 Å². The van der Waals surface area contributed by atoms with Crippen LogP contribution in [0, 0.1) is 0 Å². The molecule has 0 bridgehead atoms. The van der Waals surface area contributed by atoms with E-state index in [4.69, 9.17) is 16.3 Å². The molecule has 1 unspecified atom stereocenters. The quantitative estimate of drug-likeness (QED) is 0.532. The summed E-state index contributed by atoms with van der Waals surface area (Å²) >= 11 is 5.91. The molecule has 0 aliphatic rings. The second-order valence-corrected chi connectivity index (χ2v) is 3.22. The van der Waals surface area contributed by atoms with Gasteiger partial charge in [0.1, 0.15) is 0 Å². The Morgan fingerprint density at radius 2 is 2.00 bits per heavy atom. The molecule has 0 heterocycles. The third-order valence-electron chi connectivity index (χ3n) is 1.56. The first-order valence-electron chi connectivity index (χ1n) is 3.53. The highest BCUT2D eigenvalue weighted by atomic mass is 35.5. The zero-order valence-corrected chi connectivity index (χ0v) is 7.41. The first kappa shape index (κ1) is 9.07. The predicted octanol–water partition coefficient (Wildman–Crippen LogP) is 2.27. The normalized spacial score (nSPS) is 14.8. The third kappa shape index (κ3) is 1.98. The van der Waals surface area contributed by atoms with E-state index in [1.165, 1.54) is 0 Å². The first-order valence-corrected chi connectivity index (χ1v) is 3.90. The Balaban J connectivity index is 2.89. The monoisotopic (exact) mass is 184 g/mol. The van der Waals surface area contributed by atoms with Crippen LogP contribution in [-0.4, -0.2) is 6.47 Å². The maximum atomic E-state index is 10.1. The van der Waals surface area contributed by atoms with E-state index in [1.54, 1.807) is 19.1 Å². The number of carbonyl (C=O) groups is 1. The lowest BCUT2D eigenvalue weighted by molar-refractivity contribution is -0.135. The average molecular weight is 185 g/mol. The van der Waals surface area contributed by atoms with Crippen molar-refractivity contribution in [1.82, 2.24) is 0 Å². The SMILES string of the molecule is CC(Cl)(OC=O)c1ccccc1. The Kier molecular flexibility index (Phi) is 2.71. The molecule has 1 rings (SSSR count). The molecule has 1 aromatic rings. The highest BCUT2D eigenvalue weighted by Gasteiger charge is 2.23. The zero-order valence-electron chi connectivity index (χ0n) is 6.66. The standard InChI is InChI=1S/C9H9ClO2/c1-9(10,12-7-11)8-5-3-2-4-6-8/h2-7H,1H3. The molecular weight excluding hydrogens is 176 g/mol. The number of hydrogen-bond donors (Lipinski definition) is 0. The smallest absolute Gasteiger partial charge is 0.295 e. The van der Waals surface area contributed by atoms with Gasteiger partial charge in [-0.1, -0.05) is 41.9 Å². The van der Waals surface area contributed by atoms with E-state index in [0.717, 1.165) is 5.56 Å². The molecule has 2 nitrogen and oxygen atoms in total. The molecule has 0 saturated carbocycles. The van der Waals surface area contributed by atoms with Crippen molar-refractivity contribution in [3.63, 3.8) is 0 Å². The second kappa shape index (κ2) is 3.59. The van der Waals surface area contributed by atoms with Crippen molar-refractivity contribution in [3.05, 3.63) is 35.9 Å². The largest absolute Gasteiger partial charge is 0.441 e. The maximum absolute atomic E-state index is 10.1. The van der Waals surface area contributed by atoms with E-state index in [-0.39, 0.29) is 0 Å². The van der Waals surface area contributed by atoms with Crippen molar-refractivity contribution in [2.45, 2.75) is 12.0 Å². The fraction of sp³-hybridized carbons (Fsp3) is 0.222. The zero-order chi connectivity index (χ0) is 9.03. The predicted molar refractivity (Wildman–Crippen MR) is 46.8 cm³/mol. The van der Waals surface area contributed by atoms with E-state index < -0.39 is 5.06 Å². The van der Waals surface area contributed by atoms with Crippen LogP contribution in [0.5, 0.6) is 0 Å². The number of ether oxygens (including phenoxy) is 1. The number of alkyl halides is 1. The van der Waals surface area contributed by atoms with Crippen molar-refractivity contribution in [2.24, 2.45) is 0 Å². The molecule has 0 N–H and O–H groups in total. The molecular formula is C9H9ClO2. The van der Waals surface area contributed by atoms with Crippen LogP contribution in [-0.2, 0) is 14.6 Å². The molecule has 1 atom stereocenters. The number of rotatable bonds is 3. The first-order chi connectivity index (χ1) is 5.67. The molecule has 0 radical (unpaired) electrons. The van der Waals surface area contributed by atoms with Gasteiger partial charge in [0.2, 0.25) is 5.06 Å². The topological polar surface area (TPSA) is 26.3 Å². The van der Waals surface area contributed by atoms with Gasteiger partial charge in [-0.05, 0) is 6.92 Å². The highest BCUT2D eigenvalue weighted by molar-refractivity contribution is 6.23. The highest BCUT2D eigenvalue weighted by Crippen LogP contribution is 2.28. The molecule has 0 aliphatic carbocycles. The molecule has 0 amide bonds. The summed E-state index contributed by atoms with van der Waals surface area (Å²) in [6.45, 7) is 1.97. The number of halogens is 1. The Hall–Kier alpha value is -1.02. The van der Waals surface area contributed by atoms with E-state index in [0.29, 0.717) is 6.47 Å². The lowest BCUT2D eigenvalue weighted by Crippen LogP contribution is -2.17. The summed E-state index contributed by atoms with van der Waals surface area (Å²) in [4.78, 5) is 10.1. The van der Waals surface area contributed by atoms with Crippen molar-refractivity contribution in [2.75, 3.05) is 0 Å². The van der Waals surface area contributed by atoms with E-state index in [1.807, 2.05) is 18.2 Å². The minimum absolute atomic E-state index is 0.347. The molecule has 0 fully saturated rings. The second-order valence-electron chi connectivity index (χ2n) is 2.50. The van der Waals surface area contributed by atoms with Crippen LogP contribution in [0.25, 0.3) is 0 Å². The third-order valence-corrected chi connectivity index (χ3v) is 1.87. The van der Waals surface area contributed by atoms with Crippen LogP contribution in [0.2, 0.25) is 0 Å². The summed E-state index contributed by atoms with van der Waals surface area (Å²) < 4.78 is 4.70. The summed E-state index contributed by atoms with van der Waals surface area (Å²) in [5.41, 5.74) is 0.763. The average Bonchev–Trinajstić information content (AvgIpc) is 2.06. The van der Waals surface area contributed by atoms with Crippen LogP contribution < -0.4 is 0 Å². The van der Waals surface area contributed by atoms with Gasteiger partial charge in [-0.2, -0.15) is 0 Å². The van der Waals surface area contributed by atoms with Crippen LogP contribution >= 0.6 is 11.6 Å². The molecule has 0 aliphatic heterocycles. The molecule has 1 aromatic carbocycles. The summed E-state index contributed by atoms with van der Waals surface area (Å²) in [7, 11) is 0. The summed E-state index contributed by atoms with van der Waals surface area (Å²) in [5.74, 6) is 0. The maximum Gasteiger partial charge on any atom is 0.295 e. The van der Waals surface area contributed by atoms with Crippen LogP contribution in [0.15, 0.2) is 30.3 Å². The molecule has 12 heavy (non-hydrogen) atoms. The van der Waals surface area contributed by atoms with Gasteiger partial charge in [0, 0.05) is 5.56 Å². The fourth-order valence-corrected chi connectivity index (χ4v) is 1.06. The van der Waals surface area contributed by atoms with E-state index in [2.05, 4.69) is 0 Å². The number of carbonyl (C=O) groups excluding carboxylic acids is 1. The van der Waals surface area contributed by atoms with Gasteiger partial charge in [0.15, 0.2) is 0 Å². The molecule has 64 valence electrons. The molecule has 0 aromatic heterocycles. The van der Waals surface area contributed by atoms with Crippen LogP contribution in [0.4, 0.5) is 0 Å². The lowest BCUT2D eigenvalue weighted by Gasteiger charge is -2.19. The van der Waals surface area contributed by atoms with Crippen molar-refractivity contribution < 1.29 is 9.53 Å². The molecule has 0 saturated heterocycles. The van der Waals surface area contributed by atoms with Gasteiger partial charge in [-0.15, -0.1) is 0 Å². The Bertz CT molecular complexity index is 256. The molecule has 3 heteroatoms. The Morgan fingerprint density at radius 3 is 2.50 bits per heavy atom. The minimum atomic E-state index is -1.05.